The van der Waals surface area contributed by atoms with Crippen molar-refractivity contribution in [3.05, 3.63) is 58.1 Å². The third-order valence-electron chi connectivity index (χ3n) is 5.45. The molecule has 0 aliphatic carbocycles. The maximum atomic E-state index is 12.8. The van der Waals surface area contributed by atoms with Crippen molar-refractivity contribution in [3.8, 4) is 11.5 Å². The summed E-state index contributed by atoms with van der Waals surface area (Å²) in [6.07, 6.45) is 0.827. The first-order valence-corrected chi connectivity index (χ1v) is 10.8. The van der Waals surface area contributed by atoms with Gasteiger partial charge in [0.1, 0.15) is 11.5 Å². The van der Waals surface area contributed by atoms with E-state index in [1.165, 1.54) is 0 Å². The Hall–Kier alpha value is -2.54. The lowest BCUT2D eigenvalue weighted by atomic mass is 9.87. The van der Waals surface area contributed by atoms with Crippen LogP contribution < -0.4 is 9.46 Å². The zero-order valence-corrected chi connectivity index (χ0v) is 17.3. The normalized spacial score (nSPS) is 18.9. The summed E-state index contributed by atoms with van der Waals surface area (Å²) in [5.41, 5.74) is 2.33. The summed E-state index contributed by atoms with van der Waals surface area (Å²) in [4.78, 5) is 12.8. The third-order valence-corrected chi connectivity index (χ3v) is 6.66. The third kappa shape index (κ3) is 3.71. The van der Waals surface area contributed by atoms with Gasteiger partial charge in [-0.2, -0.15) is 0 Å². The highest BCUT2D eigenvalue weighted by Crippen LogP contribution is 2.43. The zero-order valence-electron chi connectivity index (χ0n) is 16.5. The predicted molar refractivity (Wildman–Crippen MR) is 107 cm³/mol. The van der Waals surface area contributed by atoms with E-state index in [-0.39, 0.29) is 11.5 Å². The second kappa shape index (κ2) is 7.13. The number of nitrogens with one attached hydrogen (secondary N) is 1. The molecule has 150 valence electrons. The Bertz CT molecular complexity index is 1030. The van der Waals surface area contributed by atoms with E-state index in [0.29, 0.717) is 29.7 Å². The molecule has 2 aromatic rings. The van der Waals surface area contributed by atoms with Crippen LogP contribution in [0.2, 0.25) is 0 Å². The molecule has 1 unspecified atom stereocenters. The first kappa shape index (κ1) is 20.2. The number of hydrogen-bond acceptors (Lipinski definition) is 5. The van der Waals surface area contributed by atoms with Crippen LogP contribution in [-0.2, 0) is 27.0 Å². The predicted octanol–water partition coefficient (Wildman–Crippen LogP) is 3.05. The zero-order chi connectivity index (χ0) is 20.7. The fourth-order valence-electron chi connectivity index (χ4n) is 3.49. The number of carbonyl (C=O) groups excluding carboxylic acids is 1. The Labute approximate surface area is 165 Å². The number of fused-ring (bicyclic) bond motifs is 1. The Morgan fingerprint density at radius 2 is 1.79 bits per heavy atom. The van der Waals surface area contributed by atoms with Gasteiger partial charge in [-0.1, -0.05) is 30.3 Å². The summed E-state index contributed by atoms with van der Waals surface area (Å²) in [7, 11) is -3.85. The van der Waals surface area contributed by atoms with Gasteiger partial charge in [-0.15, -0.1) is 0 Å². The van der Waals surface area contributed by atoms with Crippen molar-refractivity contribution in [3.63, 3.8) is 0 Å². The number of ether oxygens (including phenoxy) is 1. The molecule has 1 aliphatic rings. The standard InChI is InChI=1S/C21H25NO5S/c1-13-14(2)19-17(15(3)18(13)23)10-11-21(4,27-19)20(24)22-28(25,26)12-16-8-6-5-7-9-16/h5-9,23H,10-12H2,1-4H3,(H,22,24). The van der Waals surface area contributed by atoms with E-state index in [2.05, 4.69) is 4.72 Å². The van der Waals surface area contributed by atoms with Crippen LogP contribution in [0.5, 0.6) is 11.5 Å². The van der Waals surface area contributed by atoms with Gasteiger partial charge in [-0.25, -0.2) is 13.1 Å². The number of aromatic hydroxyl groups is 1. The van der Waals surface area contributed by atoms with E-state index < -0.39 is 21.5 Å². The first-order chi connectivity index (χ1) is 13.0. The van der Waals surface area contributed by atoms with Crippen LogP contribution in [-0.4, -0.2) is 25.0 Å². The molecular formula is C21H25NO5S. The molecule has 3 rings (SSSR count). The molecule has 0 fully saturated rings. The van der Waals surface area contributed by atoms with Gasteiger partial charge in [-0.3, -0.25) is 4.79 Å². The monoisotopic (exact) mass is 403 g/mol. The van der Waals surface area contributed by atoms with Gasteiger partial charge in [0.15, 0.2) is 5.60 Å². The first-order valence-electron chi connectivity index (χ1n) is 9.13. The van der Waals surface area contributed by atoms with E-state index in [9.17, 15) is 18.3 Å². The van der Waals surface area contributed by atoms with Crippen molar-refractivity contribution in [2.24, 2.45) is 0 Å². The van der Waals surface area contributed by atoms with Crippen LogP contribution in [0.3, 0.4) is 0 Å². The van der Waals surface area contributed by atoms with Crippen molar-refractivity contribution < 1.29 is 23.1 Å². The Kier molecular flexibility index (Phi) is 5.14. The lowest BCUT2D eigenvalue weighted by Crippen LogP contribution is -2.52. The van der Waals surface area contributed by atoms with Gasteiger partial charge < -0.3 is 9.84 Å². The number of amides is 1. The van der Waals surface area contributed by atoms with Crippen LogP contribution in [0.4, 0.5) is 0 Å². The minimum Gasteiger partial charge on any atom is -0.507 e. The topological polar surface area (TPSA) is 92.7 Å². The van der Waals surface area contributed by atoms with Crippen LogP contribution in [0, 0.1) is 20.8 Å². The van der Waals surface area contributed by atoms with E-state index in [0.717, 1.165) is 16.7 Å². The smallest absolute Gasteiger partial charge is 0.277 e. The van der Waals surface area contributed by atoms with E-state index >= 15 is 0 Å². The molecule has 1 heterocycles. The van der Waals surface area contributed by atoms with Gasteiger partial charge >= 0.3 is 0 Å². The molecule has 0 radical (unpaired) electrons. The lowest BCUT2D eigenvalue weighted by molar-refractivity contribution is -0.134. The summed E-state index contributed by atoms with van der Waals surface area (Å²) in [6.45, 7) is 7.03. The molecule has 0 bridgehead atoms. The highest BCUT2D eigenvalue weighted by atomic mass is 32.2. The largest absolute Gasteiger partial charge is 0.507 e. The van der Waals surface area contributed by atoms with Gasteiger partial charge in [-0.05, 0) is 56.4 Å². The average Bonchev–Trinajstić information content (AvgIpc) is 2.64. The molecule has 1 atom stereocenters. The van der Waals surface area contributed by atoms with Gasteiger partial charge in [0.05, 0.1) is 5.75 Å². The molecule has 28 heavy (non-hydrogen) atoms. The average molecular weight is 404 g/mol. The van der Waals surface area contributed by atoms with Crippen LogP contribution in [0.15, 0.2) is 30.3 Å². The van der Waals surface area contributed by atoms with Gasteiger partial charge in [0.25, 0.3) is 5.91 Å². The highest BCUT2D eigenvalue weighted by Gasteiger charge is 2.42. The Balaban J connectivity index is 1.84. The number of hydrogen-bond donors (Lipinski definition) is 2. The number of carbonyl (C=O) groups is 1. The number of rotatable bonds is 4. The molecule has 7 heteroatoms. The quantitative estimate of drug-likeness (QED) is 0.819. The summed E-state index contributed by atoms with van der Waals surface area (Å²) < 4.78 is 33.1. The van der Waals surface area contributed by atoms with E-state index in [1.54, 1.807) is 44.2 Å². The minimum atomic E-state index is -3.85. The molecule has 0 spiro atoms. The molecule has 0 saturated carbocycles. The number of sulfonamides is 1. The van der Waals surface area contributed by atoms with E-state index in [1.807, 2.05) is 13.8 Å². The Morgan fingerprint density at radius 1 is 1.14 bits per heavy atom. The highest BCUT2D eigenvalue weighted by molar-refractivity contribution is 7.89. The summed E-state index contributed by atoms with van der Waals surface area (Å²) in [6, 6.07) is 8.68. The van der Waals surface area contributed by atoms with Gasteiger partial charge in [0.2, 0.25) is 10.0 Å². The number of phenolic OH excluding ortho intramolecular Hbond substituents is 1. The fourth-order valence-corrected chi connectivity index (χ4v) is 4.69. The Morgan fingerprint density at radius 3 is 2.43 bits per heavy atom. The molecule has 6 nitrogen and oxygen atoms in total. The van der Waals surface area contributed by atoms with Crippen molar-refractivity contribution in [1.29, 1.82) is 0 Å². The van der Waals surface area contributed by atoms with Gasteiger partial charge in [0, 0.05) is 12.0 Å². The maximum Gasteiger partial charge on any atom is 0.277 e. The molecule has 2 N–H and O–H groups in total. The number of phenols is 1. The molecule has 0 saturated heterocycles. The van der Waals surface area contributed by atoms with Crippen LogP contribution in [0.25, 0.3) is 0 Å². The molecule has 0 aromatic heterocycles. The van der Waals surface area contributed by atoms with E-state index in [4.69, 9.17) is 4.74 Å². The van der Waals surface area contributed by atoms with Crippen molar-refractivity contribution in [2.45, 2.75) is 51.9 Å². The lowest BCUT2D eigenvalue weighted by Gasteiger charge is -2.36. The van der Waals surface area contributed by atoms with Crippen molar-refractivity contribution in [1.82, 2.24) is 4.72 Å². The second-order valence-corrected chi connectivity index (χ2v) is 9.26. The summed E-state index contributed by atoms with van der Waals surface area (Å²) >= 11 is 0. The number of benzene rings is 2. The fraction of sp³-hybridized carbons (Fsp3) is 0.381. The second-order valence-electron chi connectivity index (χ2n) is 7.54. The minimum absolute atomic E-state index is 0.235. The van der Waals surface area contributed by atoms with Crippen LogP contribution in [0.1, 0.15) is 41.2 Å². The molecule has 2 aromatic carbocycles. The SMILES string of the molecule is Cc1c(C)c2c(c(C)c1O)CCC(C)(C(=O)NS(=O)(=O)Cc1ccccc1)O2. The van der Waals surface area contributed by atoms with Crippen LogP contribution >= 0.6 is 0 Å². The summed E-state index contributed by atoms with van der Waals surface area (Å²) in [5.74, 6) is -0.176. The van der Waals surface area contributed by atoms with Crippen molar-refractivity contribution in [2.75, 3.05) is 0 Å². The van der Waals surface area contributed by atoms with Crippen molar-refractivity contribution >= 4 is 15.9 Å². The summed E-state index contributed by atoms with van der Waals surface area (Å²) in [5, 5.41) is 10.3. The molecular weight excluding hydrogens is 378 g/mol. The molecule has 1 amide bonds. The maximum absolute atomic E-state index is 12.8. The molecule has 1 aliphatic heterocycles.